The number of amides is 1. The Bertz CT molecular complexity index is 984. The molecule has 0 radical (unpaired) electrons. The normalized spacial score (nSPS) is 12.1. The Morgan fingerprint density at radius 2 is 2.05 bits per heavy atom. The number of halogens is 1. The molecule has 112 valence electrons. The van der Waals surface area contributed by atoms with Crippen molar-refractivity contribution in [3.05, 3.63) is 43.4 Å². The minimum Gasteiger partial charge on any atom is -0.493 e. The quantitative estimate of drug-likeness (QED) is 0.762. The summed E-state index contributed by atoms with van der Waals surface area (Å²) in [6.07, 6.45) is 0.250. The Balaban J connectivity index is 0.000000545. The summed E-state index contributed by atoms with van der Waals surface area (Å²) in [5.41, 5.74) is 0.198. The SMILES string of the molecule is Cn1c(O)c(C2=c3cc(F)ccc3=NC2=O)sc1=S.O=C=O. The van der Waals surface area contributed by atoms with Gasteiger partial charge in [0, 0.05) is 12.3 Å². The average Bonchev–Trinajstić information content (AvgIpc) is 2.90. The third-order valence-electron chi connectivity index (χ3n) is 2.87. The number of thiazole rings is 1. The molecular weight excluding hydrogens is 331 g/mol. The fourth-order valence-corrected chi connectivity index (χ4v) is 3.17. The standard InChI is InChI=1S/C12H7FN2O2S2.CO2/c1-15-11(17)9(19-12(15)18)8-6-4-5(13)2-3-7(6)14-10(8)16;2-1-3/h2-4,17H,1H3;. The fourth-order valence-electron chi connectivity index (χ4n) is 1.91. The Kier molecular flexibility index (Phi) is 4.41. The van der Waals surface area contributed by atoms with E-state index < -0.39 is 11.7 Å². The predicted molar refractivity (Wildman–Crippen MR) is 75.5 cm³/mol. The van der Waals surface area contributed by atoms with Gasteiger partial charge >= 0.3 is 6.15 Å². The minimum absolute atomic E-state index is 0.106. The molecule has 0 atom stereocenters. The summed E-state index contributed by atoms with van der Waals surface area (Å²) < 4.78 is 15.1. The van der Waals surface area contributed by atoms with Crippen LogP contribution in [0.1, 0.15) is 4.88 Å². The highest BCUT2D eigenvalue weighted by molar-refractivity contribution is 7.73. The van der Waals surface area contributed by atoms with Crippen LogP contribution in [0.4, 0.5) is 4.39 Å². The largest absolute Gasteiger partial charge is 0.493 e. The van der Waals surface area contributed by atoms with Crippen LogP contribution in [0.15, 0.2) is 23.2 Å². The lowest BCUT2D eigenvalue weighted by Gasteiger charge is -1.98. The summed E-state index contributed by atoms with van der Waals surface area (Å²) in [5.74, 6) is -1.06. The number of fused-ring (bicyclic) bond motifs is 1. The van der Waals surface area contributed by atoms with Gasteiger partial charge in [-0.3, -0.25) is 9.36 Å². The second-order valence-electron chi connectivity index (χ2n) is 4.12. The third-order valence-corrected chi connectivity index (χ3v) is 4.44. The molecule has 1 aromatic heterocycles. The Labute approximate surface area is 131 Å². The molecule has 2 heterocycles. The molecule has 0 aliphatic carbocycles. The number of carbonyl (C=O) groups is 1. The number of nitrogens with zero attached hydrogens (tertiary/aromatic N) is 2. The Hall–Kier alpha value is -2.48. The second-order valence-corrected chi connectivity index (χ2v) is 5.76. The highest BCUT2D eigenvalue weighted by Crippen LogP contribution is 2.31. The van der Waals surface area contributed by atoms with Crippen LogP contribution in [-0.4, -0.2) is 21.7 Å². The number of rotatable bonds is 1. The maximum absolute atomic E-state index is 13.3. The maximum atomic E-state index is 13.3. The zero-order valence-electron chi connectivity index (χ0n) is 11.0. The Morgan fingerprint density at radius 3 is 2.59 bits per heavy atom. The monoisotopic (exact) mass is 338 g/mol. The summed E-state index contributed by atoms with van der Waals surface area (Å²) in [6.45, 7) is 0. The lowest BCUT2D eigenvalue weighted by Crippen LogP contribution is -2.23. The minimum atomic E-state index is -0.493. The van der Waals surface area contributed by atoms with Crippen molar-refractivity contribution in [1.29, 1.82) is 0 Å². The van der Waals surface area contributed by atoms with Gasteiger partial charge < -0.3 is 5.11 Å². The highest BCUT2D eigenvalue weighted by Gasteiger charge is 2.24. The Morgan fingerprint density at radius 1 is 1.41 bits per heavy atom. The van der Waals surface area contributed by atoms with Gasteiger partial charge in [-0.1, -0.05) is 0 Å². The van der Waals surface area contributed by atoms with Crippen LogP contribution >= 0.6 is 23.6 Å². The molecule has 0 saturated heterocycles. The first-order valence-electron chi connectivity index (χ1n) is 5.72. The zero-order valence-corrected chi connectivity index (χ0v) is 12.6. The first kappa shape index (κ1) is 15.9. The topological polar surface area (TPSA) is 88.7 Å². The zero-order chi connectivity index (χ0) is 16.4. The van der Waals surface area contributed by atoms with E-state index in [0.717, 1.165) is 11.3 Å². The van der Waals surface area contributed by atoms with E-state index in [-0.39, 0.29) is 17.6 Å². The van der Waals surface area contributed by atoms with Crippen LogP contribution in [0.3, 0.4) is 0 Å². The maximum Gasteiger partial charge on any atom is 0.373 e. The first-order valence-corrected chi connectivity index (χ1v) is 6.94. The van der Waals surface area contributed by atoms with E-state index in [9.17, 15) is 14.3 Å². The van der Waals surface area contributed by atoms with E-state index in [1.807, 2.05) is 0 Å². The van der Waals surface area contributed by atoms with Crippen LogP contribution in [0, 0.1) is 9.77 Å². The highest BCUT2D eigenvalue weighted by atomic mass is 32.1. The van der Waals surface area contributed by atoms with Crippen molar-refractivity contribution >= 4 is 41.2 Å². The van der Waals surface area contributed by atoms with Crippen LogP contribution in [0.2, 0.25) is 0 Å². The smallest absolute Gasteiger partial charge is 0.373 e. The molecule has 9 heteroatoms. The van der Waals surface area contributed by atoms with Crippen LogP contribution in [0.25, 0.3) is 5.57 Å². The number of aromatic nitrogens is 1. The van der Waals surface area contributed by atoms with E-state index in [0.29, 0.717) is 19.4 Å². The molecule has 6 nitrogen and oxygen atoms in total. The number of hydrogen-bond acceptors (Lipinski definition) is 6. The van der Waals surface area contributed by atoms with E-state index in [4.69, 9.17) is 21.8 Å². The number of aromatic hydroxyl groups is 1. The molecule has 22 heavy (non-hydrogen) atoms. The van der Waals surface area contributed by atoms with Crippen LogP contribution in [-0.2, 0) is 21.4 Å². The molecule has 2 aromatic rings. The van der Waals surface area contributed by atoms with Crippen molar-refractivity contribution in [2.45, 2.75) is 0 Å². The van der Waals surface area contributed by atoms with Crippen molar-refractivity contribution in [2.24, 2.45) is 12.0 Å². The second kappa shape index (κ2) is 6.10. The molecule has 0 saturated carbocycles. The molecule has 1 aliphatic rings. The first-order chi connectivity index (χ1) is 10.4. The number of hydrogen-bond donors (Lipinski definition) is 1. The lowest BCUT2D eigenvalue weighted by molar-refractivity contribution is -0.191. The van der Waals surface area contributed by atoms with Gasteiger partial charge in [0.25, 0.3) is 5.91 Å². The van der Waals surface area contributed by atoms with Crippen molar-refractivity contribution in [3.63, 3.8) is 0 Å². The summed E-state index contributed by atoms with van der Waals surface area (Å²) >= 11 is 6.15. The molecule has 0 unspecified atom stereocenters. The van der Waals surface area contributed by atoms with Crippen molar-refractivity contribution < 1.29 is 23.9 Å². The molecule has 1 aromatic carbocycles. The molecule has 1 N–H and O–H groups in total. The van der Waals surface area contributed by atoms with Crippen molar-refractivity contribution in [1.82, 2.24) is 4.57 Å². The van der Waals surface area contributed by atoms with Gasteiger partial charge in [0.2, 0.25) is 5.88 Å². The molecule has 0 bridgehead atoms. The van der Waals surface area contributed by atoms with Gasteiger partial charge in [0.05, 0.1) is 10.9 Å². The van der Waals surface area contributed by atoms with Gasteiger partial charge in [-0.05, 0) is 30.4 Å². The van der Waals surface area contributed by atoms with E-state index >= 15 is 0 Å². The van der Waals surface area contributed by atoms with Crippen LogP contribution < -0.4 is 10.6 Å². The molecular formula is C13H7FN2O4S2. The van der Waals surface area contributed by atoms with Crippen LogP contribution in [0.5, 0.6) is 5.88 Å². The molecule has 1 amide bonds. The molecule has 0 fully saturated rings. The summed E-state index contributed by atoms with van der Waals surface area (Å²) in [5, 5.41) is 10.8. The van der Waals surface area contributed by atoms with E-state index in [2.05, 4.69) is 4.99 Å². The van der Waals surface area contributed by atoms with E-state index in [1.54, 1.807) is 7.05 Å². The summed E-state index contributed by atoms with van der Waals surface area (Å²) in [7, 11) is 1.60. The van der Waals surface area contributed by atoms with Gasteiger partial charge in [-0.15, -0.1) is 11.3 Å². The van der Waals surface area contributed by atoms with Crippen molar-refractivity contribution in [2.75, 3.05) is 0 Å². The summed E-state index contributed by atoms with van der Waals surface area (Å²) in [4.78, 5) is 32.4. The third kappa shape index (κ3) is 2.64. The average molecular weight is 338 g/mol. The number of benzene rings is 1. The van der Waals surface area contributed by atoms with Gasteiger partial charge in [-0.2, -0.15) is 9.59 Å². The van der Waals surface area contributed by atoms with Gasteiger partial charge in [0.15, 0.2) is 3.95 Å². The van der Waals surface area contributed by atoms with Gasteiger partial charge in [0.1, 0.15) is 10.7 Å². The summed E-state index contributed by atoms with van der Waals surface area (Å²) in [6, 6.07) is 3.92. The number of carbonyl (C=O) groups excluding carboxylic acids is 3. The predicted octanol–water partition coefficient (Wildman–Crippen LogP) is 0.436. The van der Waals surface area contributed by atoms with E-state index in [1.165, 1.54) is 22.8 Å². The fraction of sp³-hybridized carbons (Fsp3) is 0.0769. The molecule has 0 spiro atoms. The lowest BCUT2D eigenvalue weighted by atomic mass is 10.1. The van der Waals surface area contributed by atoms with Crippen molar-refractivity contribution in [3.8, 4) is 5.88 Å². The molecule has 3 rings (SSSR count). The van der Waals surface area contributed by atoms with Gasteiger partial charge in [-0.25, -0.2) is 9.38 Å². The molecule has 1 aliphatic heterocycles.